The number of aromatic hydroxyl groups is 2. The van der Waals surface area contributed by atoms with Gasteiger partial charge in [0.05, 0.1) is 0 Å². The van der Waals surface area contributed by atoms with Crippen LogP contribution in [0, 0.1) is 6.92 Å². The van der Waals surface area contributed by atoms with E-state index < -0.39 is 0 Å². The Labute approximate surface area is 116 Å². The summed E-state index contributed by atoms with van der Waals surface area (Å²) in [7, 11) is 0. The molecule has 0 bridgehead atoms. The number of phenols is 2. The zero-order chi connectivity index (χ0) is 14.3. The fourth-order valence-corrected chi connectivity index (χ4v) is 2.62. The second-order valence-electron chi connectivity index (χ2n) is 5.08. The molecule has 3 rings (SSSR count). The van der Waals surface area contributed by atoms with E-state index in [4.69, 9.17) is 0 Å². The lowest BCUT2D eigenvalue weighted by Crippen LogP contribution is -2.28. The van der Waals surface area contributed by atoms with Gasteiger partial charge in [0.15, 0.2) is 0 Å². The lowest BCUT2D eigenvalue weighted by atomic mass is 10.1. The molecule has 4 nitrogen and oxygen atoms in total. The average molecular weight is 269 g/mol. The summed E-state index contributed by atoms with van der Waals surface area (Å²) in [5.41, 5.74) is 3.52. The highest BCUT2D eigenvalue weighted by Crippen LogP contribution is 2.31. The van der Waals surface area contributed by atoms with Gasteiger partial charge in [-0.1, -0.05) is 17.7 Å². The van der Waals surface area contributed by atoms with Crippen molar-refractivity contribution >= 4 is 11.6 Å². The van der Waals surface area contributed by atoms with Crippen molar-refractivity contribution < 1.29 is 15.0 Å². The molecule has 2 aromatic rings. The van der Waals surface area contributed by atoms with Crippen LogP contribution in [0.4, 0.5) is 5.69 Å². The van der Waals surface area contributed by atoms with Crippen LogP contribution in [-0.4, -0.2) is 22.7 Å². The Kier molecular flexibility index (Phi) is 2.86. The lowest BCUT2D eigenvalue weighted by molar-refractivity contribution is 0.0988. The second kappa shape index (κ2) is 4.56. The molecule has 0 atom stereocenters. The number of benzene rings is 2. The average Bonchev–Trinajstić information content (AvgIpc) is 2.79. The maximum absolute atomic E-state index is 12.5. The molecule has 4 heteroatoms. The standard InChI is InChI=1S/C16H15NO3/c1-10-2-3-15-11(6-10)4-5-17(15)16(20)12-7-13(18)9-14(19)8-12/h2-3,6-9,18-19H,4-5H2,1H3. The number of fused-ring (bicyclic) bond motifs is 1. The Balaban J connectivity index is 1.97. The van der Waals surface area contributed by atoms with Gasteiger partial charge in [-0.2, -0.15) is 0 Å². The molecule has 0 saturated heterocycles. The zero-order valence-electron chi connectivity index (χ0n) is 11.1. The molecular formula is C16H15NO3. The third-order valence-corrected chi connectivity index (χ3v) is 3.53. The fraction of sp³-hybridized carbons (Fsp3) is 0.188. The lowest BCUT2D eigenvalue weighted by Gasteiger charge is -2.17. The Hall–Kier alpha value is -2.49. The number of carbonyl (C=O) groups is 1. The SMILES string of the molecule is Cc1ccc2c(c1)CCN2C(=O)c1cc(O)cc(O)c1. The van der Waals surface area contributed by atoms with Gasteiger partial charge in [-0.3, -0.25) is 4.79 Å². The van der Waals surface area contributed by atoms with Crippen LogP contribution in [0.25, 0.3) is 0 Å². The molecule has 1 aliphatic rings. The molecule has 0 aromatic heterocycles. The van der Waals surface area contributed by atoms with Gasteiger partial charge in [-0.15, -0.1) is 0 Å². The second-order valence-corrected chi connectivity index (χ2v) is 5.08. The van der Waals surface area contributed by atoms with Gasteiger partial charge in [0.1, 0.15) is 11.5 Å². The van der Waals surface area contributed by atoms with E-state index in [0.29, 0.717) is 6.54 Å². The normalized spacial score (nSPS) is 13.3. The highest BCUT2D eigenvalue weighted by Gasteiger charge is 2.25. The molecule has 0 aliphatic carbocycles. The summed E-state index contributed by atoms with van der Waals surface area (Å²) in [4.78, 5) is 14.2. The Morgan fingerprint density at radius 1 is 1.10 bits per heavy atom. The number of phenolic OH excluding ortho intramolecular Hbond substituents is 2. The van der Waals surface area contributed by atoms with Gasteiger partial charge in [0.2, 0.25) is 0 Å². The van der Waals surface area contributed by atoms with Crippen LogP contribution in [0.1, 0.15) is 21.5 Å². The summed E-state index contributed by atoms with van der Waals surface area (Å²) in [5, 5.41) is 19.0. The Morgan fingerprint density at radius 2 is 1.80 bits per heavy atom. The maximum atomic E-state index is 12.5. The highest BCUT2D eigenvalue weighted by molar-refractivity contribution is 6.07. The van der Waals surface area contributed by atoms with E-state index in [9.17, 15) is 15.0 Å². The number of amides is 1. The molecule has 0 fully saturated rings. The molecule has 1 amide bonds. The fourth-order valence-electron chi connectivity index (χ4n) is 2.62. The maximum Gasteiger partial charge on any atom is 0.258 e. The van der Waals surface area contributed by atoms with Crippen LogP contribution in [0.2, 0.25) is 0 Å². The van der Waals surface area contributed by atoms with Crippen molar-refractivity contribution in [1.29, 1.82) is 0 Å². The largest absolute Gasteiger partial charge is 0.508 e. The first kappa shape index (κ1) is 12.5. The van der Waals surface area contributed by atoms with Crippen molar-refractivity contribution in [2.45, 2.75) is 13.3 Å². The molecule has 102 valence electrons. The first-order valence-corrected chi connectivity index (χ1v) is 6.49. The Bertz CT molecular complexity index is 674. The topological polar surface area (TPSA) is 60.8 Å². The molecule has 20 heavy (non-hydrogen) atoms. The molecule has 2 aromatic carbocycles. The van der Waals surface area contributed by atoms with Gasteiger partial charge < -0.3 is 15.1 Å². The minimum atomic E-state index is -0.209. The summed E-state index contributed by atoms with van der Waals surface area (Å²) in [6.07, 6.45) is 0.827. The van der Waals surface area contributed by atoms with E-state index in [1.165, 1.54) is 23.8 Å². The van der Waals surface area contributed by atoms with Crippen molar-refractivity contribution in [3.8, 4) is 11.5 Å². The van der Waals surface area contributed by atoms with E-state index in [0.717, 1.165) is 17.7 Å². The van der Waals surface area contributed by atoms with Crippen molar-refractivity contribution in [1.82, 2.24) is 0 Å². The van der Waals surface area contributed by atoms with Crippen LogP contribution in [-0.2, 0) is 6.42 Å². The van der Waals surface area contributed by atoms with Crippen molar-refractivity contribution in [3.05, 3.63) is 53.1 Å². The molecule has 2 N–H and O–H groups in total. The number of carbonyl (C=O) groups excluding carboxylic acids is 1. The number of hydrogen-bond donors (Lipinski definition) is 2. The van der Waals surface area contributed by atoms with E-state index >= 15 is 0 Å². The first-order chi connectivity index (χ1) is 9.54. The van der Waals surface area contributed by atoms with Crippen molar-refractivity contribution in [2.24, 2.45) is 0 Å². The molecular weight excluding hydrogens is 254 g/mol. The summed E-state index contributed by atoms with van der Waals surface area (Å²) in [6, 6.07) is 9.95. The number of anilines is 1. The monoisotopic (exact) mass is 269 g/mol. The first-order valence-electron chi connectivity index (χ1n) is 6.49. The van der Waals surface area contributed by atoms with Crippen LogP contribution in [0.5, 0.6) is 11.5 Å². The minimum Gasteiger partial charge on any atom is -0.508 e. The van der Waals surface area contributed by atoms with Crippen LogP contribution >= 0.6 is 0 Å². The number of aryl methyl sites for hydroxylation is 1. The minimum absolute atomic E-state index is 0.114. The Morgan fingerprint density at radius 3 is 2.50 bits per heavy atom. The van der Waals surface area contributed by atoms with Gasteiger partial charge in [0, 0.05) is 23.9 Å². The molecule has 1 heterocycles. The van der Waals surface area contributed by atoms with E-state index in [1.807, 2.05) is 19.1 Å². The predicted octanol–water partition coefficient (Wildman–Crippen LogP) is 2.61. The predicted molar refractivity (Wildman–Crippen MR) is 76.3 cm³/mol. The van der Waals surface area contributed by atoms with Crippen LogP contribution < -0.4 is 4.90 Å². The third-order valence-electron chi connectivity index (χ3n) is 3.53. The van der Waals surface area contributed by atoms with Gasteiger partial charge in [0.25, 0.3) is 5.91 Å². The van der Waals surface area contributed by atoms with Gasteiger partial charge in [-0.05, 0) is 37.1 Å². The third kappa shape index (κ3) is 2.09. The number of hydrogen-bond acceptors (Lipinski definition) is 3. The summed E-state index contributed by atoms with van der Waals surface area (Å²) < 4.78 is 0. The zero-order valence-corrected chi connectivity index (χ0v) is 11.1. The smallest absolute Gasteiger partial charge is 0.258 e. The van der Waals surface area contributed by atoms with Crippen molar-refractivity contribution in [2.75, 3.05) is 11.4 Å². The number of rotatable bonds is 1. The quantitative estimate of drug-likeness (QED) is 0.836. The molecule has 0 spiro atoms. The molecule has 0 saturated carbocycles. The number of nitrogens with zero attached hydrogens (tertiary/aromatic N) is 1. The van der Waals surface area contributed by atoms with Crippen molar-refractivity contribution in [3.63, 3.8) is 0 Å². The van der Waals surface area contributed by atoms with Gasteiger partial charge in [-0.25, -0.2) is 0 Å². The van der Waals surface area contributed by atoms with Crippen LogP contribution in [0.3, 0.4) is 0 Å². The molecule has 0 radical (unpaired) electrons. The molecule has 0 unspecified atom stereocenters. The summed E-state index contributed by atoms with van der Waals surface area (Å²) >= 11 is 0. The summed E-state index contributed by atoms with van der Waals surface area (Å²) in [5.74, 6) is -0.438. The van der Waals surface area contributed by atoms with E-state index in [-0.39, 0.29) is 23.0 Å². The van der Waals surface area contributed by atoms with E-state index in [1.54, 1.807) is 4.90 Å². The van der Waals surface area contributed by atoms with E-state index in [2.05, 4.69) is 6.07 Å². The van der Waals surface area contributed by atoms with Gasteiger partial charge >= 0.3 is 0 Å². The van der Waals surface area contributed by atoms with Crippen LogP contribution in [0.15, 0.2) is 36.4 Å². The summed E-state index contributed by atoms with van der Waals surface area (Å²) in [6.45, 7) is 2.64. The highest BCUT2D eigenvalue weighted by atomic mass is 16.3. The molecule has 1 aliphatic heterocycles.